The molecule has 0 spiro atoms. The molecule has 0 atom stereocenters. The SMILES string of the molecule is CSc1cc(Br)c2scc(I)c2c1. The summed E-state index contributed by atoms with van der Waals surface area (Å²) in [6.07, 6.45) is 2.10. The van der Waals surface area contributed by atoms with Crippen molar-refractivity contribution in [3.8, 4) is 0 Å². The van der Waals surface area contributed by atoms with Crippen LogP contribution in [0.15, 0.2) is 26.9 Å². The van der Waals surface area contributed by atoms with Gasteiger partial charge in [0.05, 0.1) is 0 Å². The Kier molecular flexibility index (Phi) is 3.22. The number of benzene rings is 1. The molecule has 0 aliphatic heterocycles. The van der Waals surface area contributed by atoms with E-state index in [2.05, 4.69) is 62.3 Å². The molecule has 0 N–H and O–H groups in total. The van der Waals surface area contributed by atoms with Crippen LogP contribution in [-0.4, -0.2) is 6.26 Å². The molecule has 1 heterocycles. The summed E-state index contributed by atoms with van der Waals surface area (Å²) >= 11 is 9.56. The molecule has 68 valence electrons. The molecule has 0 unspecified atom stereocenters. The highest BCUT2D eigenvalue weighted by Crippen LogP contribution is 2.36. The smallest absolute Gasteiger partial charge is 0.0496 e. The second-order valence-electron chi connectivity index (χ2n) is 2.57. The Labute approximate surface area is 107 Å². The van der Waals surface area contributed by atoms with E-state index in [4.69, 9.17) is 0 Å². The van der Waals surface area contributed by atoms with Gasteiger partial charge in [0.15, 0.2) is 0 Å². The Morgan fingerprint density at radius 2 is 2.23 bits per heavy atom. The fraction of sp³-hybridized carbons (Fsp3) is 0.111. The second-order valence-corrected chi connectivity index (χ2v) is 6.35. The van der Waals surface area contributed by atoms with Gasteiger partial charge in [-0.15, -0.1) is 23.1 Å². The van der Waals surface area contributed by atoms with Crippen molar-refractivity contribution in [3.63, 3.8) is 0 Å². The van der Waals surface area contributed by atoms with Crippen LogP contribution in [0.25, 0.3) is 10.1 Å². The van der Waals surface area contributed by atoms with E-state index in [1.807, 2.05) is 0 Å². The van der Waals surface area contributed by atoms with Crippen molar-refractivity contribution in [1.29, 1.82) is 0 Å². The summed E-state index contributed by atoms with van der Waals surface area (Å²) in [7, 11) is 0. The molecule has 0 saturated heterocycles. The fourth-order valence-electron chi connectivity index (χ4n) is 1.16. The summed E-state index contributed by atoms with van der Waals surface area (Å²) in [4.78, 5) is 1.32. The van der Waals surface area contributed by atoms with Gasteiger partial charge in [-0.2, -0.15) is 0 Å². The van der Waals surface area contributed by atoms with Crippen molar-refractivity contribution in [1.82, 2.24) is 0 Å². The summed E-state index contributed by atoms with van der Waals surface area (Å²) in [6.45, 7) is 0. The first-order chi connectivity index (χ1) is 6.22. The van der Waals surface area contributed by atoms with E-state index in [1.165, 1.54) is 23.0 Å². The monoisotopic (exact) mass is 384 g/mol. The molecule has 0 saturated carbocycles. The average molecular weight is 385 g/mol. The fourth-order valence-corrected chi connectivity index (χ4v) is 4.33. The summed E-state index contributed by atoms with van der Waals surface area (Å²) in [5.74, 6) is 0. The van der Waals surface area contributed by atoms with E-state index in [9.17, 15) is 0 Å². The number of hydrogen-bond donors (Lipinski definition) is 0. The maximum atomic E-state index is 3.60. The molecule has 1 aromatic heterocycles. The third-order valence-electron chi connectivity index (χ3n) is 1.79. The molecular weight excluding hydrogens is 379 g/mol. The van der Waals surface area contributed by atoms with E-state index < -0.39 is 0 Å². The lowest BCUT2D eigenvalue weighted by Gasteiger charge is -1.99. The van der Waals surface area contributed by atoms with Crippen LogP contribution in [0.1, 0.15) is 0 Å². The van der Waals surface area contributed by atoms with Gasteiger partial charge in [-0.1, -0.05) is 0 Å². The molecule has 2 aromatic rings. The Balaban J connectivity index is 2.80. The van der Waals surface area contributed by atoms with Crippen molar-refractivity contribution in [2.75, 3.05) is 6.26 Å². The Bertz CT molecular complexity index is 450. The van der Waals surface area contributed by atoms with Gasteiger partial charge >= 0.3 is 0 Å². The highest BCUT2D eigenvalue weighted by atomic mass is 127. The third kappa shape index (κ3) is 1.91. The second kappa shape index (κ2) is 4.08. The van der Waals surface area contributed by atoms with Crippen molar-refractivity contribution < 1.29 is 0 Å². The number of hydrogen-bond acceptors (Lipinski definition) is 2. The van der Waals surface area contributed by atoms with Crippen LogP contribution in [0, 0.1) is 3.57 Å². The summed E-state index contributed by atoms with van der Waals surface area (Å²) < 4.78 is 3.90. The minimum atomic E-state index is 1.21. The zero-order valence-electron chi connectivity index (χ0n) is 6.80. The lowest BCUT2D eigenvalue weighted by molar-refractivity contribution is 1.50. The summed E-state index contributed by atoms with van der Waals surface area (Å²) in [5, 5.41) is 3.56. The average Bonchev–Trinajstić information content (AvgIpc) is 2.48. The van der Waals surface area contributed by atoms with Crippen LogP contribution >= 0.6 is 61.6 Å². The molecule has 2 rings (SSSR count). The zero-order valence-corrected chi connectivity index (χ0v) is 12.2. The van der Waals surface area contributed by atoms with Crippen LogP contribution in [0.4, 0.5) is 0 Å². The molecule has 0 radical (unpaired) electrons. The van der Waals surface area contributed by atoms with Crippen molar-refractivity contribution >= 4 is 71.7 Å². The first kappa shape index (κ1) is 10.3. The Morgan fingerprint density at radius 1 is 1.46 bits per heavy atom. The van der Waals surface area contributed by atoms with Gasteiger partial charge in [-0.05, 0) is 56.9 Å². The lowest BCUT2D eigenvalue weighted by Crippen LogP contribution is -1.73. The summed E-state index contributed by atoms with van der Waals surface area (Å²) in [5.41, 5.74) is 0. The standard InChI is InChI=1S/C9H6BrIS2/c1-12-5-2-6-8(11)4-13-9(6)7(10)3-5/h2-4H,1H3. The van der Waals surface area contributed by atoms with E-state index in [-0.39, 0.29) is 0 Å². The van der Waals surface area contributed by atoms with Crippen molar-refractivity contribution in [2.45, 2.75) is 4.90 Å². The van der Waals surface area contributed by atoms with Gasteiger partial charge in [0, 0.05) is 28.4 Å². The molecular formula is C9H6BrIS2. The molecule has 13 heavy (non-hydrogen) atoms. The predicted molar refractivity (Wildman–Crippen MR) is 74.0 cm³/mol. The third-order valence-corrected chi connectivity index (χ3v) is 5.73. The molecule has 4 heteroatoms. The number of fused-ring (bicyclic) bond motifs is 1. The normalized spacial score (nSPS) is 11.0. The van der Waals surface area contributed by atoms with Gasteiger partial charge in [0.2, 0.25) is 0 Å². The van der Waals surface area contributed by atoms with Crippen LogP contribution < -0.4 is 0 Å². The van der Waals surface area contributed by atoms with Gasteiger partial charge < -0.3 is 0 Å². The van der Waals surface area contributed by atoms with Crippen LogP contribution in [0.3, 0.4) is 0 Å². The zero-order chi connectivity index (χ0) is 9.42. The van der Waals surface area contributed by atoms with Gasteiger partial charge in [-0.3, -0.25) is 0 Å². The van der Waals surface area contributed by atoms with Gasteiger partial charge in [0.25, 0.3) is 0 Å². The largest absolute Gasteiger partial charge is 0.141 e. The maximum absolute atomic E-state index is 3.60. The van der Waals surface area contributed by atoms with E-state index >= 15 is 0 Å². The molecule has 1 aromatic carbocycles. The number of thioether (sulfide) groups is 1. The van der Waals surface area contributed by atoms with Crippen LogP contribution in [0.5, 0.6) is 0 Å². The Morgan fingerprint density at radius 3 is 2.92 bits per heavy atom. The maximum Gasteiger partial charge on any atom is 0.0496 e. The van der Waals surface area contributed by atoms with Crippen LogP contribution in [-0.2, 0) is 0 Å². The number of halogens is 2. The molecule has 0 amide bonds. The molecule has 0 aliphatic rings. The molecule has 0 nitrogen and oxygen atoms in total. The van der Waals surface area contributed by atoms with Crippen molar-refractivity contribution in [2.24, 2.45) is 0 Å². The Hall–Kier alpha value is 0.740. The van der Waals surface area contributed by atoms with E-state index in [0.717, 1.165) is 0 Å². The number of thiophene rings is 1. The van der Waals surface area contributed by atoms with E-state index in [0.29, 0.717) is 0 Å². The van der Waals surface area contributed by atoms with Gasteiger partial charge in [-0.25, -0.2) is 0 Å². The quantitative estimate of drug-likeness (QED) is 0.493. The van der Waals surface area contributed by atoms with Crippen LogP contribution in [0.2, 0.25) is 0 Å². The number of rotatable bonds is 1. The van der Waals surface area contributed by atoms with E-state index in [1.54, 1.807) is 23.1 Å². The minimum Gasteiger partial charge on any atom is -0.141 e. The lowest BCUT2D eigenvalue weighted by atomic mass is 10.3. The first-order valence-electron chi connectivity index (χ1n) is 3.62. The van der Waals surface area contributed by atoms with Gasteiger partial charge in [0.1, 0.15) is 0 Å². The van der Waals surface area contributed by atoms with Crippen molar-refractivity contribution in [3.05, 3.63) is 25.6 Å². The molecule has 0 aliphatic carbocycles. The summed E-state index contributed by atoms with van der Waals surface area (Å²) in [6, 6.07) is 4.43. The molecule has 0 bridgehead atoms. The molecule has 0 fully saturated rings. The first-order valence-corrected chi connectivity index (χ1v) is 7.60. The predicted octanol–water partition coefficient (Wildman–Crippen LogP) is 4.99. The minimum absolute atomic E-state index is 1.21. The highest BCUT2D eigenvalue weighted by Gasteiger charge is 2.06. The topological polar surface area (TPSA) is 0 Å². The highest BCUT2D eigenvalue weighted by molar-refractivity contribution is 14.1.